The van der Waals surface area contributed by atoms with Gasteiger partial charge < -0.3 is 10.6 Å². The first-order chi connectivity index (χ1) is 30.1. The Bertz CT molecular complexity index is 2830. The quantitative estimate of drug-likeness (QED) is 0.137. The van der Waals surface area contributed by atoms with E-state index in [2.05, 4.69) is 168 Å². The first-order valence-electron chi connectivity index (χ1n) is 20.9. The summed E-state index contributed by atoms with van der Waals surface area (Å²) in [5.74, 6) is -0.360. The van der Waals surface area contributed by atoms with Gasteiger partial charge in [-0.25, -0.2) is 0 Å². The molecule has 8 aromatic rings. The van der Waals surface area contributed by atoms with Crippen LogP contribution in [0.5, 0.6) is 0 Å². The van der Waals surface area contributed by atoms with Gasteiger partial charge in [0.25, 0.3) is 11.8 Å². The van der Waals surface area contributed by atoms with Gasteiger partial charge in [0.1, 0.15) is 0 Å². The molecule has 3 unspecified atom stereocenters. The molecule has 0 saturated heterocycles. The Morgan fingerprint density at radius 1 is 0.410 bits per heavy atom. The van der Waals surface area contributed by atoms with Gasteiger partial charge in [0.05, 0.1) is 12.1 Å². The average molecular weight is 825 g/mol. The van der Waals surface area contributed by atoms with Gasteiger partial charge in [-0.3, -0.25) is 9.59 Å². The van der Waals surface area contributed by atoms with Crippen LogP contribution >= 0.6 is 15.8 Å². The molecule has 3 aliphatic rings. The lowest BCUT2D eigenvalue weighted by atomic mass is 9.53. The van der Waals surface area contributed by atoms with Gasteiger partial charge in [0.15, 0.2) is 0 Å². The number of hydrogen-bond acceptors (Lipinski definition) is 2. The molecule has 4 nitrogen and oxygen atoms in total. The summed E-state index contributed by atoms with van der Waals surface area (Å²) in [6, 6.07) is 75.0. The van der Waals surface area contributed by atoms with Crippen molar-refractivity contribution in [2.45, 2.75) is 29.3 Å². The molecule has 1 fully saturated rings. The Morgan fingerprint density at radius 2 is 0.820 bits per heavy atom. The summed E-state index contributed by atoms with van der Waals surface area (Å²) in [6.07, 6.45) is 0. The highest BCUT2D eigenvalue weighted by atomic mass is 31.1. The van der Waals surface area contributed by atoms with Crippen LogP contribution in [0, 0.1) is 0 Å². The molecule has 0 aromatic heterocycles. The molecule has 0 radical (unpaired) electrons. The summed E-state index contributed by atoms with van der Waals surface area (Å²) in [4.78, 5) is 30.5. The van der Waals surface area contributed by atoms with Gasteiger partial charge in [-0.15, -0.1) is 0 Å². The molecule has 294 valence electrons. The highest BCUT2D eigenvalue weighted by Crippen LogP contribution is 2.71. The Kier molecular flexibility index (Phi) is 9.57. The summed E-state index contributed by atoms with van der Waals surface area (Å²) in [6.45, 7) is 0. The highest BCUT2D eigenvalue weighted by molar-refractivity contribution is 7.80. The third kappa shape index (κ3) is 6.12. The molecule has 2 amide bonds. The van der Waals surface area contributed by atoms with E-state index in [9.17, 15) is 0 Å². The lowest BCUT2D eigenvalue weighted by Crippen LogP contribution is -2.54. The number of rotatable bonds is 10. The van der Waals surface area contributed by atoms with E-state index >= 15 is 9.59 Å². The van der Waals surface area contributed by atoms with Crippen LogP contribution in [-0.2, 0) is 5.41 Å². The van der Waals surface area contributed by atoms with Crippen molar-refractivity contribution in [2.24, 2.45) is 0 Å². The zero-order valence-electron chi connectivity index (χ0n) is 33.3. The smallest absolute Gasteiger partial charge is 0.252 e. The summed E-state index contributed by atoms with van der Waals surface area (Å²) in [5.41, 5.74) is 5.92. The van der Waals surface area contributed by atoms with Crippen LogP contribution in [0.15, 0.2) is 218 Å². The molecule has 3 aliphatic carbocycles. The molecule has 0 aliphatic heterocycles. The van der Waals surface area contributed by atoms with Crippen LogP contribution < -0.4 is 42.5 Å². The van der Waals surface area contributed by atoms with Crippen LogP contribution in [0.25, 0.3) is 0 Å². The standard InChI is InChI=1S/C55H42N2O2P2/c58-53(44-31-14-17-34-47(44)60(39-22-5-1-6-23-39)40-24-7-2-8-25-40)56-51-49-37-20-19-21-38(36-37)55(49)46-33-16-13-30-43(46)50(55)52(51)57-54(59)45-32-15-18-35-48(45)61(41-26-9-3-10-27-41)42-28-11-4-12-29-42/h1-36,49-52H,(H,56,58)(H,57,59)/t49?,50?,51-,52-,55?/m1/s1. The Hall–Kier alpha value is -6.44. The number of benzene rings is 8. The number of nitrogens with one attached hydrogen (secondary N) is 2. The second-order valence-corrected chi connectivity index (χ2v) is 20.5. The highest BCUT2D eigenvalue weighted by Gasteiger charge is 2.71. The lowest BCUT2D eigenvalue weighted by Gasteiger charge is -2.49. The molecular weight excluding hydrogens is 783 g/mol. The number of carbonyl (C=O) groups excluding carboxylic acids is 2. The Morgan fingerprint density at radius 3 is 1.31 bits per heavy atom. The second kappa shape index (κ2) is 15.5. The molecule has 2 bridgehead atoms. The average Bonchev–Trinajstić information content (AvgIpc) is 3.70. The fourth-order valence-corrected chi connectivity index (χ4v) is 15.6. The van der Waals surface area contributed by atoms with Crippen molar-refractivity contribution in [2.75, 3.05) is 0 Å². The molecule has 0 heterocycles. The summed E-state index contributed by atoms with van der Waals surface area (Å²) in [7, 11) is -2.09. The van der Waals surface area contributed by atoms with E-state index in [1.165, 1.54) is 43.5 Å². The fourth-order valence-electron chi connectivity index (χ4n) is 10.7. The zero-order chi connectivity index (χ0) is 40.9. The molecule has 8 aromatic carbocycles. The van der Waals surface area contributed by atoms with Gasteiger partial charge in [-0.05, 0) is 82.1 Å². The fraction of sp³-hybridized carbons (Fsp3) is 0.0909. The maximum absolute atomic E-state index is 15.3. The number of fused-ring (bicyclic) bond motifs is 5. The van der Waals surface area contributed by atoms with Gasteiger partial charge in [-0.1, -0.05) is 206 Å². The van der Waals surface area contributed by atoms with Crippen molar-refractivity contribution in [3.63, 3.8) is 0 Å². The first-order valence-corrected chi connectivity index (χ1v) is 23.6. The lowest BCUT2D eigenvalue weighted by molar-refractivity contribution is 0.0886. The molecule has 61 heavy (non-hydrogen) atoms. The van der Waals surface area contributed by atoms with E-state index in [1.54, 1.807) is 0 Å². The normalized spacial score (nSPS) is 20.3. The van der Waals surface area contributed by atoms with E-state index in [4.69, 9.17) is 0 Å². The molecule has 5 atom stereocenters. The van der Waals surface area contributed by atoms with Crippen LogP contribution in [0.2, 0.25) is 0 Å². The SMILES string of the molecule is O=C(N[C@@H]1C2c3cccc(c3)C23c2ccccc2C3[C@H]1NC(=O)c1ccccc1P(c1ccccc1)c1ccccc1)c1ccccc1P(c1ccccc1)c1ccccc1. The molecule has 11 rings (SSSR count). The minimum absolute atomic E-state index is 0.0409. The molecule has 1 saturated carbocycles. The van der Waals surface area contributed by atoms with Gasteiger partial charge >= 0.3 is 0 Å². The van der Waals surface area contributed by atoms with E-state index in [0.717, 1.165) is 10.6 Å². The van der Waals surface area contributed by atoms with E-state index in [1.807, 2.05) is 60.7 Å². The number of hydrogen-bond donors (Lipinski definition) is 2. The van der Waals surface area contributed by atoms with Crippen LogP contribution in [-0.4, -0.2) is 23.9 Å². The van der Waals surface area contributed by atoms with E-state index < -0.39 is 21.9 Å². The monoisotopic (exact) mass is 824 g/mol. The zero-order valence-corrected chi connectivity index (χ0v) is 35.1. The number of carbonyl (C=O) groups is 2. The minimum Gasteiger partial charge on any atom is -0.347 e. The summed E-state index contributed by atoms with van der Waals surface area (Å²) in [5, 5.41) is 14.0. The van der Waals surface area contributed by atoms with Crippen molar-refractivity contribution >= 4 is 59.5 Å². The summed E-state index contributed by atoms with van der Waals surface area (Å²) < 4.78 is 0. The largest absolute Gasteiger partial charge is 0.347 e. The molecule has 2 N–H and O–H groups in total. The minimum atomic E-state index is -1.05. The summed E-state index contributed by atoms with van der Waals surface area (Å²) >= 11 is 0. The van der Waals surface area contributed by atoms with Gasteiger partial charge in [0, 0.05) is 28.4 Å². The van der Waals surface area contributed by atoms with Crippen molar-refractivity contribution in [3.8, 4) is 0 Å². The maximum Gasteiger partial charge on any atom is 0.252 e. The van der Waals surface area contributed by atoms with Crippen LogP contribution in [0.1, 0.15) is 54.8 Å². The van der Waals surface area contributed by atoms with E-state index in [-0.39, 0.29) is 35.1 Å². The molecule has 1 spiro atoms. The second-order valence-electron chi connectivity index (χ2n) is 16.1. The predicted molar refractivity (Wildman–Crippen MR) is 252 cm³/mol. The third-order valence-electron chi connectivity index (χ3n) is 13.0. The first kappa shape index (κ1) is 37.6. The van der Waals surface area contributed by atoms with Gasteiger partial charge in [0.2, 0.25) is 0 Å². The Labute approximate surface area is 359 Å². The topological polar surface area (TPSA) is 58.2 Å². The van der Waals surface area contributed by atoms with Crippen LogP contribution in [0.4, 0.5) is 0 Å². The van der Waals surface area contributed by atoms with Crippen molar-refractivity contribution in [1.82, 2.24) is 10.6 Å². The molecular formula is C55H42N2O2P2. The van der Waals surface area contributed by atoms with Crippen molar-refractivity contribution < 1.29 is 9.59 Å². The maximum atomic E-state index is 15.3. The Balaban J connectivity index is 1.02. The number of amides is 2. The molecule has 6 heteroatoms. The van der Waals surface area contributed by atoms with Crippen LogP contribution in [0.3, 0.4) is 0 Å². The van der Waals surface area contributed by atoms with Crippen molar-refractivity contribution in [3.05, 3.63) is 252 Å². The predicted octanol–water partition coefficient (Wildman–Crippen LogP) is 8.29. The third-order valence-corrected chi connectivity index (χ3v) is 18.0. The van der Waals surface area contributed by atoms with E-state index in [0.29, 0.717) is 11.1 Å². The van der Waals surface area contributed by atoms with Gasteiger partial charge in [-0.2, -0.15) is 0 Å². The van der Waals surface area contributed by atoms with Crippen molar-refractivity contribution in [1.29, 1.82) is 0 Å².